The van der Waals surface area contributed by atoms with Gasteiger partial charge in [-0.05, 0) is 39.3 Å². The van der Waals surface area contributed by atoms with Crippen LogP contribution in [0.15, 0.2) is 29.3 Å². The Morgan fingerprint density at radius 3 is 2.88 bits per heavy atom. The summed E-state index contributed by atoms with van der Waals surface area (Å²) in [6.07, 6.45) is 2.48. The Morgan fingerprint density at radius 2 is 2.12 bits per heavy atom. The molecule has 1 saturated heterocycles. The van der Waals surface area contributed by atoms with E-state index in [2.05, 4.69) is 28.5 Å². The average Bonchev–Trinajstić information content (AvgIpc) is 3.11. The van der Waals surface area contributed by atoms with E-state index in [-0.39, 0.29) is 0 Å². The van der Waals surface area contributed by atoms with Crippen molar-refractivity contribution in [2.24, 2.45) is 4.99 Å². The maximum absolute atomic E-state index is 5.69. The van der Waals surface area contributed by atoms with E-state index in [1.54, 1.807) is 7.11 Å². The number of rotatable bonds is 10. The highest BCUT2D eigenvalue weighted by Gasteiger charge is 2.23. The minimum absolute atomic E-state index is 0.546. The highest BCUT2D eigenvalue weighted by molar-refractivity contribution is 5.79. The first kappa shape index (κ1) is 20.5. The van der Waals surface area contributed by atoms with E-state index < -0.39 is 0 Å². The van der Waals surface area contributed by atoms with Crippen LogP contribution in [0, 0.1) is 0 Å². The summed E-state index contributed by atoms with van der Waals surface area (Å²) in [5.41, 5.74) is 1.11. The van der Waals surface area contributed by atoms with Crippen molar-refractivity contribution in [2.75, 3.05) is 46.5 Å². The Hall–Kier alpha value is -1.79. The highest BCUT2D eigenvalue weighted by Crippen LogP contribution is 2.19. The molecule has 0 aromatic heterocycles. The number of ether oxygens (including phenoxy) is 2. The van der Waals surface area contributed by atoms with Gasteiger partial charge < -0.3 is 20.1 Å². The summed E-state index contributed by atoms with van der Waals surface area (Å²) in [4.78, 5) is 7.25. The van der Waals surface area contributed by atoms with Crippen molar-refractivity contribution in [3.63, 3.8) is 0 Å². The molecule has 1 heterocycles. The van der Waals surface area contributed by atoms with Gasteiger partial charge >= 0.3 is 0 Å². The molecule has 0 bridgehead atoms. The van der Waals surface area contributed by atoms with Crippen LogP contribution in [0.1, 0.15) is 32.3 Å². The molecule has 1 fully saturated rings. The number of benzene rings is 1. The molecular formula is C20H34N4O2. The molecule has 1 atom stereocenters. The van der Waals surface area contributed by atoms with Crippen LogP contribution in [-0.4, -0.2) is 63.4 Å². The average molecular weight is 363 g/mol. The summed E-state index contributed by atoms with van der Waals surface area (Å²) in [6, 6.07) is 8.64. The Balaban J connectivity index is 1.92. The number of para-hydroxylation sites is 1. The molecule has 0 amide bonds. The predicted octanol–water partition coefficient (Wildman–Crippen LogP) is 2.25. The van der Waals surface area contributed by atoms with E-state index in [9.17, 15) is 0 Å². The maximum Gasteiger partial charge on any atom is 0.191 e. The SMILES string of the molecule is CCNC(=NCc1ccccc1OCC)NCC1CCCN1CCOC. The summed E-state index contributed by atoms with van der Waals surface area (Å²) in [5.74, 6) is 1.77. The van der Waals surface area contributed by atoms with Gasteiger partial charge in [-0.25, -0.2) is 4.99 Å². The first-order chi connectivity index (χ1) is 12.8. The number of aliphatic imine (C=N–C) groups is 1. The van der Waals surface area contributed by atoms with Gasteiger partial charge in [-0.2, -0.15) is 0 Å². The number of hydrogen-bond acceptors (Lipinski definition) is 4. The van der Waals surface area contributed by atoms with Gasteiger partial charge in [0, 0.05) is 38.3 Å². The lowest BCUT2D eigenvalue weighted by Crippen LogP contribution is -2.45. The smallest absolute Gasteiger partial charge is 0.191 e. The topological polar surface area (TPSA) is 58.1 Å². The van der Waals surface area contributed by atoms with Gasteiger partial charge in [-0.15, -0.1) is 0 Å². The van der Waals surface area contributed by atoms with E-state index in [0.29, 0.717) is 19.2 Å². The van der Waals surface area contributed by atoms with E-state index >= 15 is 0 Å². The van der Waals surface area contributed by atoms with Crippen LogP contribution in [0.2, 0.25) is 0 Å². The van der Waals surface area contributed by atoms with E-state index in [0.717, 1.165) is 50.1 Å². The van der Waals surface area contributed by atoms with Crippen molar-refractivity contribution in [3.05, 3.63) is 29.8 Å². The van der Waals surface area contributed by atoms with Crippen molar-refractivity contribution in [1.82, 2.24) is 15.5 Å². The van der Waals surface area contributed by atoms with E-state index in [1.807, 2.05) is 25.1 Å². The summed E-state index contributed by atoms with van der Waals surface area (Å²) < 4.78 is 10.9. The van der Waals surface area contributed by atoms with Gasteiger partial charge in [0.15, 0.2) is 5.96 Å². The summed E-state index contributed by atoms with van der Waals surface area (Å²) in [6.45, 7) is 10.1. The zero-order chi connectivity index (χ0) is 18.6. The van der Waals surface area contributed by atoms with Gasteiger partial charge in [-0.1, -0.05) is 18.2 Å². The van der Waals surface area contributed by atoms with Gasteiger partial charge in [0.1, 0.15) is 5.75 Å². The van der Waals surface area contributed by atoms with Crippen molar-refractivity contribution in [1.29, 1.82) is 0 Å². The molecule has 0 radical (unpaired) electrons. The Labute approximate surface area is 158 Å². The van der Waals surface area contributed by atoms with Crippen LogP contribution in [-0.2, 0) is 11.3 Å². The minimum Gasteiger partial charge on any atom is -0.494 e. The molecule has 1 aliphatic rings. The number of likely N-dealkylation sites (tertiary alicyclic amines) is 1. The van der Waals surface area contributed by atoms with Gasteiger partial charge in [0.2, 0.25) is 0 Å². The summed E-state index contributed by atoms with van der Waals surface area (Å²) in [5, 5.41) is 6.85. The van der Waals surface area contributed by atoms with Crippen molar-refractivity contribution < 1.29 is 9.47 Å². The number of nitrogens with zero attached hydrogens (tertiary/aromatic N) is 2. The first-order valence-corrected chi connectivity index (χ1v) is 9.74. The second kappa shape index (κ2) is 11.8. The van der Waals surface area contributed by atoms with Crippen molar-refractivity contribution in [2.45, 2.75) is 39.3 Å². The lowest BCUT2D eigenvalue weighted by Gasteiger charge is -2.25. The number of nitrogens with one attached hydrogen (secondary N) is 2. The minimum atomic E-state index is 0.546. The monoisotopic (exact) mass is 362 g/mol. The number of hydrogen-bond donors (Lipinski definition) is 2. The third-order valence-electron chi connectivity index (χ3n) is 4.61. The molecule has 1 aromatic rings. The largest absolute Gasteiger partial charge is 0.494 e. The molecule has 2 rings (SSSR count). The fraction of sp³-hybridized carbons (Fsp3) is 0.650. The standard InChI is InChI=1S/C20H34N4O2/c1-4-21-20(22-15-17-9-6-7-11-19(17)26-5-2)23-16-18-10-8-12-24(18)13-14-25-3/h6-7,9,11,18H,4-5,8,10,12-16H2,1-3H3,(H2,21,22,23). The second-order valence-corrected chi connectivity index (χ2v) is 6.44. The molecule has 0 spiro atoms. The zero-order valence-corrected chi connectivity index (χ0v) is 16.5. The molecule has 0 aliphatic carbocycles. The molecule has 26 heavy (non-hydrogen) atoms. The molecule has 6 nitrogen and oxygen atoms in total. The van der Waals surface area contributed by atoms with E-state index in [1.165, 1.54) is 12.8 Å². The number of methoxy groups -OCH3 is 1. The Kier molecular flexibility index (Phi) is 9.28. The van der Waals surface area contributed by atoms with Crippen LogP contribution >= 0.6 is 0 Å². The molecule has 2 N–H and O–H groups in total. The third kappa shape index (κ3) is 6.50. The third-order valence-corrected chi connectivity index (χ3v) is 4.61. The predicted molar refractivity (Wildman–Crippen MR) is 107 cm³/mol. The second-order valence-electron chi connectivity index (χ2n) is 6.44. The molecule has 1 aromatic carbocycles. The fourth-order valence-electron chi connectivity index (χ4n) is 3.28. The van der Waals surface area contributed by atoms with Gasteiger partial charge in [0.05, 0.1) is 19.8 Å². The maximum atomic E-state index is 5.69. The van der Waals surface area contributed by atoms with Crippen LogP contribution < -0.4 is 15.4 Å². The summed E-state index contributed by atoms with van der Waals surface area (Å²) >= 11 is 0. The lowest BCUT2D eigenvalue weighted by atomic mass is 10.2. The Morgan fingerprint density at radius 1 is 1.27 bits per heavy atom. The normalized spacial score (nSPS) is 18.1. The lowest BCUT2D eigenvalue weighted by molar-refractivity contribution is 0.141. The fourth-order valence-corrected chi connectivity index (χ4v) is 3.28. The quantitative estimate of drug-likeness (QED) is 0.494. The highest BCUT2D eigenvalue weighted by atomic mass is 16.5. The first-order valence-electron chi connectivity index (χ1n) is 9.74. The molecule has 1 aliphatic heterocycles. The van der Waals surface area contributed by atoms with E-state index in [4.69, 9.17) is 14.5 Å². The van der Waals surface area contributed by atoms with Crippen molar-refractivity contribution in [3.8, 4) is 5.75 Å². The molecule has 1 unspecified atom stereocenters. The molecular weight excluding hydrogens is 328 g/mol. The Bertz CT molecular complexity index is 550. The summed E-state index contributed by atoms with van der Waals surface area (Å²) in [7, 11) is 1.76. The zero-order valence-electron chi connectivity index (χ0n) is 16.5. The number of guanidine groups is 1. The molecule has 146 valence electrons. The molecule has 0 saturated carbocycles. The van der Waals surface area contributed by atoms with Crippen LogP contribution in [0.3, 0.4) is 0 Å². The molecule has 6 heteroatoms. The van der Waals surface area contributed by atoms with Crippen molar-refractivity contribution >= 4 is 5.96 Å². The van der Waals surface area contributed by atoms with Crippen LogP contribution in [0.25, 0.3) is 0 Å². The van der Waals surface area contributed by atoms with Gasteiger partial charge in [-0.3, -0.25) is 4.90 Å². The van der Waals surface area contributed by atoms with Crippen LogP contribution in [0.5, 0.6) is 5.75 Å². The van der Waals surface area contributed by atoms with Crippen LogP contribution in [0.4, 0.5) is 0 Å². The van der Waals surface area contributed by atoms with Gasteiger partial charge in [0.25, 0.3) is 0 Å².